The van der Waals surface area contributed by atoms with Gasteiger partial charge in [0.15, 0.2) is 6.10 Å². The molecule has 1 aliphatic heterocycles. The highest BCUT2D eigenvalue weighted by Crippen LogP contribution is 2.33. The normalized spacial score (nSPS) is 16.1. The minimum absolute atomic E-state index is 0.122. The summed E-state index contributed by atoms with van der Waals surface area (Å²) in [5.41, 5.74) is 2.40. The summed E-state index contributed by atoms with van der Waals surface area (Å²) in [6.07, 6.45) is -0.757. The third-order valence-electron chi connectivity index (χ3n) is 3.87. The summed E-state index contributed by atoms with van der Waals surface area (Å²) in [5.74, 6) is 0.131. The Bertz CT molecular complexity index is 807. The van der Waals surface area contributed by atoms with E-state index in [0.717, 1.165) is 10.0 Å². The summed E-state index contributed by atoms with van der Waals surface area (Å²) in [6.45, 7) is 3.62. The molecule has 0 saturated carbocycles. The molecule has 0 saturated heterocycles. The first-order chi connectivity index (χ1) is 11.5. The molecule has 0 aliphatic carbocycles. The molecule has 24 heavy (non-hydrogen) atoms. The largest absolute Gasteiger partial charge is 0.476 e. The molecule has 5 nitrogen and oxygen atoms in total. The maximum absolute atomic E-state index is 12.6. The fourth-order valence-corrected chi connectivity index (χ4v) is 2.86. The van der Waals surface area contributed by atoms with Crippen molar-refractivity contribution in [2.45, 2.75) is 20.0 Å². The molecule has 1 atom stereocenters. The van der Waals surface area contributed by atoms with Gasteiger partial charge in [-0.3, -0.25) is 9.59 Å². The van der Waals surface area contributed by atoms with E-state index in [2.05, 4.69) is 21.2 Å². The molecule has 0 fully saturated rings. The lowest BCUT2D eigenvalue weighted by molar-refractivity contribution is -0.123. The molecular formula is C18H17BrN2O3. The van der Waals surface area contributed by atoms with Gasteiger partial charge in [0.05, 0.1) is 12.2 Å². The average molecular weight is 389 g/mol. The maximum Gasteiger partial charge on any atom is 0.267 e. The number of benzene rings is 2. The Balaban J connectivity index is 1.81. The number of halogens is 1. The zero-order chi connectivity index (χ0) is 17.3. The monoisotopic (exact) mass is 388 g/mol. The van der Waals surface area contributed by atoms with Gasteiger partial charge in [0.1, 0.15) is 5.75 Å². The first-order valence-corrected chi connectivity index (χ1v) is 8.36. The number of ether oxygens (including phenoxy) is 1. The van der Waals surface area contributed by atoms with Gasteiger partial charge in [0.25, 0.3) is 5.91 Å². The van der Waals surface area contributed by atoms with Crippen molar-refractivity contribution in [2.24, 2.45) is 0 Å². The smallest absolute Gasteiger partial charge is 0.267 e. The lowest BCUT2D eigenvalue weighted by Crippen LogP contribution is -2.48. The second-order valence-corrected chi connectivity index (χ2v) is 6.51. The Hall–Kier alpha value is -2.34. The second-order valence-electron chi connectivity index (χ2n) is 5.66. The molecule has 1 N–H and O–H groups in total. The molecule has 0 spiro atoms. The van der Waals surface area contributed by atoms with Crippen LogP contribution in [0.3, 0.4) is 0 Å². The van der Waals surface area contributed by atoms with Crippen LogP contribution in [-0.2, 0) is 9.59 Å². The van der Waals surface area contributed by atoms with E-state index in [0.29, 0.717) is 17.1 Å². The SMILES string of the molecule is CC(=O)N1C[C@@H](C(=O)Nc2ccc(Br)c(C)c2)Oc2ccccc21. The number of fused-ring (bicyclic) bond motifs is 1. The van der Waals surface area contributed by atoms with Gasteiger partial charge < -0.3 is 15.0 Å². The molecule has 0 bridgehead atoms. The summed E-state index contributed by atoms with van der Waals surface area (Å²) in [6, 6.07) is 12.8. The number of aryl methyl sites for hydroxylation is 1. The van der Waals surface area contributed by atoms with Crippen molar-refractivity contribution in [1.29, 1.82) is 0 Å². The van der Waals surface area contributed by atoms with E-state index in [1.165, 1.54) is 6.92 Å². The minimum Gasteiger partial charge on any atom is -0.476 e. The lowest BCUT2D eigenvalue weighted by Gasteiger charge is -2.33. The van der Waals surface area contributed by atoms with E-state index in [9.17, 15) is 9.59 Å². The molecule has 2 amide bonds. The zero-order valence-corrected chi connectivity index (χ0v) is 15.0. The van der Waals surface area contributed by atoms with Crippen molar-refractivity contribution in [3.63, 3.8) is 0 Å². The number of carbonyl (C=O) groups excluding carboxylic acids is 2. The van der Waals surface area contributed by atoms with Gasteiger partial charge >= 0.3 is 0 Å². The number of amides is 2. The molecule has 2 aromatic carbocycles. The summed E-state index contributed by atoms with van der Waals surface area (Å²) < 4.78 is 6.76. The van der Waals surface area contributed by atoms with Crippen LogP contribution in [0.2, 0.25) is 0 Å². The van der Waals surface area contributed by atoms with Crippen molar-refractivity contribution >= 4 is 39.1 Å². The minimum atomic E-state index is -0.757. The van der Waals surface area contributed by atoms with Crippen molar-refractivity contribution in [1.82, 2.24) is 0 Å². The van der Waals surface area contributed by atoms with Crippen LogP contribution in [0.4, 0.5) is 11.4 Å². The number of hydrogen-bond donors (Lipinski definition) is 1. The van der Waals surface area contributed by atoms with Gasteiger partial charge in [-0.2, -0.15) is 0 Å². The summed E-state index contributed by atoms with van der Waals surface area (Å²) in [7, 11) is 0. The fourth-order valence-electron chi connectivity index (χ4n) is 2.61. The highest BCUT2D eigenvalue weighted by Gasteiger charge is 2.32. The first-order valence-electron chi connectivity index (χ1n) is 7.56. The van der Waals surface area contributed by atoms with Crippen molar-refractivity contribution in [2.75, 3.05) is 16.8 Å². The third kappa shape index (κ3) is 3.28. The quantitative estimate of drug-likeness (QED) is 0.855. The van der Waals surface area contributed by atoms with Crippen LogP contribution >= 0.6 is 15.9 Å². The van der Waals surface area contributed by atoms with Crippen molar-refractivity contribution in [3.8, 4) is 5.75 Å². The van der Waals surface area contributed by atoms with Crippen LogP contribution in [0, 0.1) is 6.92 Å². The molecule has 6 heteroatoms. The highest BCUT2D eigenvalue weighted by atomic mass is 79.9. The maximum atomic E-state index is 12.6. The lowest BCUT2D eigenvalue weighted by atomic mass is 10.1. The fraction of sp³-hybridized carbons (Fsp3) is 0.222. The van der Waals surface area contributed by atoms with Gasteiger partial charge in [-0.15, -0.1) is 0 Å². The number of nitrogens with zero attached hydrogens (tertiary/aromatic N) is 1. The number of nitrogens with one attached hydrogen (secondary N) is 1. The molecule has 1 heterocycles. The first kappa shape index (κ1) is 16.5. The molecule has 0 aromatic heterocycles. The number of para-hydroxylation sites is 2. The van der Waals surface area contributed by atoms with E-state index >= 15 is 0 Å². The summed E-state index contributed by atoms with van der Waals surface area (Å²) in [4.78, 5) is 26.0. The van der Waals surface area contributed by atoms with E-state index in [1.807, 2.05) is 43.3 Å². The molecule has 124 valence electrons. The number of carbonyl (C=O) groups is 2. The van der Waals surface area contributed by atoms with Gasteiger partial charge in [-0.25, -0.2) is 0 Å². The topological polar surface area (TPSA) is 58.6 Å². The summed E-state index contributed by atoms with van der Waals surface area (Å²) in [5, 5.41) is 2.85. The van der Waals surface area contributed by atoms with Gasteiger partial charge in [-0.05, 0) is 42.8 Å². The number of anilines is 2. The van der Waals surface area contributed by atoms with Crippen molar-refractivity contribution in [3.05, 3.63) is 52.5 Å². The van der Waals surface area contributed by atoms with Crippen LogP contribution in [0.1, 0.15) is 12.5 Å². The van der Waals surface area contributed by atoms with Crippen LogP contribution in [-0.4, -0.2) is 24.5 Å². The van der Waals surface area contributed by atoms with Crippen LogP contribution < -0.4 is 15.0 Å². The molecule has 2 aromatic rings. The second kappa shape index (κ2) is 6.65. The Labute approximate surface area is 148 Å². The van der Waals surface area contributed by atoms with Crippen LogP contribution in [0.5, 0.6) is 5.75 Å². The third-order valence-corrected chi connectivity index (χ3v) is 4.76. The van der Waals surface area contributed by atoms with Gasteiger partial charge in [0, 0.05) is 17.1 Å². The average Bonchev–Trinajstić information content (AvgIpc) is 2.57. The van der Waals surface area contributed by atoms with Gasteiger partial charge in [-0.1, -0.05) is 28.1 Å². The Morgan fingerprint density at radius 1 is 1.25 bits per heavy atom. The van der Waals surface area contributed by atoms with E-state index in [4.69, 9.17) is 4.74 Å². The highest BCUT2D eigenvalue weighted by molar-refractivity contribution is 9.10. The number of rotatable bonds is 2. The Morgan fingerprint density at radius 3 is 2.71 bits per heavy atom. The Morgan fingerprint density at radius 2 is 2.00 bits per heavy atom. The predicted molar refractivity (Wildman–Crippen MR) is 96.4 cm³/mol. The molecular weight excluding hydrogens is 372 g/mol. The number of hydrogen-bond acceptors (Lipinski definition) is 3. The van der Waals surface area contributed by atoms with Crippen LogP contribution in [0.25, 0.3) is 0 Å². The Kier molecular flexibility index (Phi) is 4.57. The summed E-state index contributed by atoms with van der Waals surface area (Å²) >= 11 is 3.43. The molecule has 0 radical (unpaired) electrons. The standard InChI is InChI=1S/C18H17BrN2O3/c1-11-9-13(7-8-14(11)19)20-18(23)17-10-21(12(2)22)15-5-3-4-6-16(15)24-17/h3-9,17H,10H2,1-2H3,(H,20,23)/t17-/m0/s1. The molecule has 0 unspecified atom stereocenters. The van der Waals surface area contributed by atoms with Crippen LogP contribution in [0.15, 0.2) is 46.9 Å². The zero-order valence-electron chi connectivity index (χ0n) is 13.4. The predicted octanol–water partition coefficient (Wildman–Crippen LogP) is 3.51. The molecule has 3 rings (SSSR count). The van der Waals surface area contributed by atoms with E-state index < -0.39 is 6.10 Å². The van der Waals surface area contributed by atoms with Gasteiger partial charge in [0.2, 0.25) is 5.91 Å². The van der Waals surface area contributed by atoms with Crippen molar-refractivity contribution < 1.29 is 14.3 Å². The molecule has 1 aliphatic rings. The van der Waals surface area contributed by atoms with E-state index in [-0.39, 0.29) is 18.4 Å². The van der Waals surface area contributed by atoms with E-state index in [1.54, 1.807) is 11.0 Å².